The second kappa shape index (κ2) is 19.6. The van der Waals surface area contributed by atoms with Gasteiger partial charge < -0.3 is 23.0 Å². The molecule has 0 saturated heterocycles. The fraction of sp³-hybridized carbons (Fsp3) is 0.957. The molecule has 0 N–H and O–H groups in total. The van der Waals surface area contributed by atoms with Gasteiger partial charge in [-0.2, -0.15) is 0 Å². The highest BCUT2D eigenvalue weighted by atomic mass is 32.9. The predicted molar refractivity (Wildman–Crippen MR) is 141 cm³/mol. The van der Waals surface area contributed by atoms with Gasteiger partial charge in [-0.25, -0.2) is 0 Å². The zero-order valence-electron chi connectivity index (χ0n) is 21.2. The van der Waals surface area contributed by atoms with Gasteiger partial charge in [0.2, 0.25) is 5.69 Å². The van der Waals surface area contributed by atoms with Crippen LogP contribution < -0.4 is 0 Å². The number of quaternary nitrogens is 1. The number of nitrogens with zero attached hydrogens (tertiary/aromatic N) is 1. The number of esters is 1. The van der Waals surface area contributed by atoms with Gasteiger partial charge in [0.25, 0.3) is 0 Å². The molecule has 2 unspecified atom stereocenters. The molecule has 2 atom stereocenters. The molecule has 0 bridgehead atoms. The zero-order valence-corrected chi connectivity index (χ0v) is 23.8. The van der Waals surface area contributed by atoms with Crippen molar-refractivity contribution in [1.82, 2.24) is 0 Å². The van der Waals surface area contributed by atoms with Gasteiger partial charge >= 0.3 is 5.97 Å². The van der Waals surface area contributed by atoms with Gasteiger partial charge in [-0.15, -0.1) is 0 Å². The van der Waals surface area contributed by atoms with Crippen molar-refractivity contribution in [3.63, 3.8) is 0 Å². The van der Waals surface area contributed by atoms with Crippen LogP contribution in [0.2, 0.25) is 0 Å². The van der Waals surface area contributed by atoms with Crippen LogP contribution in [-0.4, -0.2) is 71.2 Å². The molecule has 0 aliphatic rings. The molecule has 32 heavy (non-hydrogen) atoms. The summed E-state index contributed by atoms with van der Waals surface area (Å²) in [5, 5.41) is 0. The Balaban J connectivity index is 3.77. The van der Waals surface area contributed by atoms with Crippen LogP contribution in [0.3, 0.4) is 0 Å². The summed E-state index contributed by atoms with van der Waals surface area (Å²) in [6, 6.07) is 0. The van der Waals surface area contributed by atoms with Crippen LogP contribution >= 0.6 is 17.9 Å². The summed E-state index contributed by atoms with van der Waals surface area (Å²) in [5.74, 6) is -0.188. The smallest absolute Gasteiger partial charge is 0.305 e. The standard InChI is InChI=1S/C23H48NO5PS2/c1-6-7-8-9-10-11-12-13-14-15-16-17-23(25)27-20-22(26-5)21-29-30(31,32)28-19-18-24(2,3)4/h22H,6-21H2,1-5H3/p+1. The minimum absolute atomic E-state index is 0.148. The molecule has 0 aromatic rings. The number of thiol groups is 1. The lowest BCUT2D eigenvalue weighted by Gasteiger charge is -2.25. The van der Waals surface area contributed by atoms with Crippen LogP contribution in [-0.2, 0) is 35.1 Å². The average Bonchev–Trinajstić information content (AvgIpc) is 2.71. The lowest BCUT2D eigenvalue weighted by molar-refractivity contribution is -0.870. The lowest BCUT2D eigenvalue weighted by atomic mass is 10.1. The molecular formula is C23H49NO5PS2+. The van der Waals surface area contributed by atoms with Crippen LogP contribution in [0.5, 0.6) is 0 Å². The average molecular weight is 515 g/mol. The second-order valence-electron chi connectivity index (χ2n) is 9.44. The van der Waals surface area contributed by atoms with E-state index in [2.05, 4.69) is 40.3 Å². The Morgan fingerprint density at radius 3 is 1.94 bits per heavy atom. The first-order valence-electron chi connectivity index (χ1n) is 12.2. The number of rotatable bonds is 22. The topological polar surface area (TPSA) is 54.0 Å². The van der Waals surface area contributed by atoms with Crippen molar-refractivity contribution in [3.05, 3.63) is 0 Å². The number of carbonyl (C=O) groups is 1. The predicted octanol–water partition coefficient (Wildman–Crippen LogP) is 6.14. The fourth-order valence-corrected chi connectivity index (χ4v) is 4.61. The molecule has 192 valence electrons. The Labute approximate surface area is 208 Å². The van der Waals surface area contributed by atoms with E-state index in [0.717, 1.165) is 23.9 Å². The van der Waals surface area contributed by atoms with Crippen LogP contribution in [0.15, 0.2) is 0 Å². The van der Waals surface area contributed by atoms with Gasteiger partial charge in [0.05, 0.1) is 27.7 Å². The molecule has 0 heterocycles. The summed E-state index contributed by atoms with van der Waals surface area (Å²) in [7, 11) is 7.81. The van der Waals surface area contributed by atoms with Gasteiger partial charge in [0, 0.05) is 13.5 Å². The summed E-state index contributed by atoms with van der Waals surface area (Å²) >= 11 is 9.68. The van der Waals surface area contributed by atoms with E-state index >= 15 is 0 Å². The number of ether oxygens (including phenoxy) is 2. The van der Waals surface area contributed by atoms with Gasteiger partial charge in [-0.05, 0) is 18.2 Å². The van der Waals surface area contributed by atoms with Crippen molar-refractivity contribution >= 4 is 35.7 Å². The number of hydrogen-bond acceptors (Lipinski definition) is 6. The van der Waals surface area contributed by atoms with E-state index < -0.39 is 5.69 Å². The fourth-order valence-electron chi connectivity index (χ4n) is 3.02. The Hall–Kier alpha value is 0.310. The maximum atomic E-state index is 12.0. The van der Waals surface area contributed by atoms with Gasteiger partial charge in [0.1, 0.15) is 25.9 Å². The summed E-state index contributed by atoms with van der Waals surface area (Å²) in [6.45, 7) is 3.88. The maximum absolute atomic E-state index is 12.0. The second-order valence-corrected chi connectivity index (χ2v) is 14.7. The SMILES string of the molecule is CCCCCCCCCCCCCC(=O)OCC(COP(=S)(S)OCC[N+](C)(C)C)OC. The Morgan fingerprint density at radius 1 is 0.906 bits per heavy atom. The molecule has 6 nitrogen and oxygen atoms in total. The first-order valence-corrected chi connectivity index (χ1v) is 16.0. The highest BCUT2D eigenvalue weighted by molar-refractivity contribution is 8.60. The first-order chi connectivity index (χ1) is 15.1. The molecule has 0 radical (unpaired) electrons. The van der Waals surface area contributed by atoms with E-state index in [-0.39, 0.29) is 25.3 Å². The monoisotopic (exact) mass is 514 g/mol. The highest BCUT2D eigenvalue weighted by Crippen LogP contribution is 2.53. The molecule has 0 aromatic carbocycles. The molecular weight excluding hydrogens is 465 g/mol. The molecule has 0 saturated carbocycles. The maximum Gasteiger partial charge on any atom is 0.305 e. The van der Waals surface area contributed by atoms with Crippen LogP contribution in [0.1, 0.15) is 84.0 Å². The third-order valence-corrected chi connectivity index (χ3v) is 7.50. The van der Waals surface area contributed by atoms with Crippen LogP contribution in [0.4, 0.5) is 0 Å². The molecule has 0 amide bonds. The largest absolute Gasteiger partial charge is 0.463 e. The third-order valence-electron chi connectivity index (χ3n) is 5.19. The van der Waals surface area contributed by atoms with Crippen LogP contribution in [0.25, 0.3) is 0 Å². The Kier molecular flexibility index (Phi) is 19.8. The summed E-state index contributed by atoms with van der Waals surface area (Å²) in [4.78, 5) is 12.0. The van der Waals surface area contributed by atoms with Crippen molar-refractivity contribution in [2.24, 2.45) is 0 Å². The van der Waals surface area contributed by atoms with Crippen LogP contribution in [0, 0.1) is 0 Å². The number of methoxy groups -OCH3 is 1. The van der Waals surface area contributed by atoms with Crippen molar-refractivity contribution in [2.45, 2.75) is 90.1 Å². The molecule has 9 heteroatoms. The number of hydrogen-bond donors (Lipinski definition) is 1. The highest BCUT2D eigenvalue weighted by Gasteiger charge is 2.20. The molecule has 0 aromatic heterocycles. The van der Waals surface area contributed by atoms with Crippen molar-refractivity contribution in [2.75, 3.05) is 54.6 Å². The Bertz CT molecular complexity index is 517. The first kappa shape index (κ1) is 32.3. The minimum Gasteiger partial charge on any atom is -0.463 e. The molecule has 0 fully saturated rings. The van der Waals surface area contributed by atoms with Gasteiger partial charge in [-0.1, -0.05) is 83.4 Å². The van der Waals surface area contributed by atoms with E-state index in [0.29, 0.717) is 13.0 Å². The summed E-state index contributed by atoms with van der Waals surface area (Å²) in [6.07, 6.45) is 13.9. The quantitative estimate of drug-likeness (QED) is 0.0616. The van der Waals surface area contributed by atoms with E-state index in [1.807, 2.05) is 0 Å². The number of unbranched alkanes of at least 4 members (excludes halogenated alkanes) is 10. The van der Waals surface area contributed by atoms with Gasteiger partial charge in [-0.3, -0.25) is 4.79 Å². The van der Waals surface area contributed by atoms with Crippen molar-refractivity contribution in [1.29, 1.82) is 0 Å². The van der Waals surface area contributed by atoms with E-state index in [4.69, 9.17) is 30.3 Å². The van der Waals surface area contributed by atoms with E-state index in [1.165, 1.54) is 57.8 Å². The lowest BCUT2D eigenvalue weighted by Crippen LogP contribution is -2.37. The minimum atomic E-state index is -2.64. The number of likely N-dealkylation sites (N-methyl/N-ethyl adjacent to an activating group) is 1. The molecule has 0 spiro atoms. The summed E-state index contributed by atoms with van der Waals surface area (Å²) < 4.78 is 22.7. The summed E-state index contributed by atoms with van der Waals surface area (Å²) in [5.41, 5.74) is -2.64. The third kappa shape index (κ3) is 22.1. The Morgan fingerprint density at radius 2 is 1.44 bits per heavy atom. The van der Waals surface area contributed by atoms with Crippen molar-refractivity contribution in [3.8, 4) is 0 Å². The molecule has 0 aliphatic heterocycles. The van der Waals surface area contributed by atoms with Gasteiger partial charge in [0.15, 0.2) is 0 Å². The molecule has 0 aliphatic carbocycles. The van der Waals surface area contributed by atoms with E-state index in [9.17, 15) is 4.79 Å². The van der Waals surface area contributed by atoms with Crippen molar-refractivity contribution < 1.29 is 27.8 Å². The molecule has 0 rings (SSSR count). The zero-order chi connectivity index (χ0) is 24.3. The number of carbonyl (C=O) groups excluding carboxylic acids is 1. The normalized spacial score (nSPS) is 14.8. The van der Waals surface area contributed by atoms with E-state index in [1.54, 1.807) is 7.11 Å².